The van der Waals surface area contributed by atoms with Crippen molar-refractivity contribution in [2.45, 2.75) is 13.2 Å². The van der Waals surface area contributed by atoms with Crippen LogP contribution in [0.5, 0.6) is 17.4 Å². The third-order valence-electron chi connectivity index (χ3n) is 4.77. The second-order valence-corrected chi connectivity index (χ2v) is 9.79. The summed E-state index contributed by atoms with van der Waals surface area (Å²) in [6.07, 6.45) is -0.697. The molecule has 0 aliphatic heterocycles. The molecule has 4 aromatic rings. The van der Waals surface area contributed by atoms with E-state index < -0.39 is 6.23 Å². The van der Waals surface area contributed by atoms with Crippen molar-refractivity contribution in [2.75, 3.05) is 13.2 Å². The molecule has 5 nitrogen and oxygen atoms in total. The average Bonchev–Trinajstić information content (AvgIpc) is 3.24. The molecule has 0 bridgehead atoms. The largest absolute Gasteiger partial charge is 0.486 e. The second-order valence-electron chi connectivity index (χ2n) is 7.14. The SMILES string of the molecule is CCOc1cc(-c2ccccc2)nn1C(COc1ccc(Br)cc1Cl)Oc1ccc(Br)cc1Cl. The summed E-state index contributed by atoms with van der Waals surface area (Å²) in [5, 5.41) is 5.72. The molecule has 9 heteroatoms. The number of ether oxygens (including phenoxy) is 3. The van der Waals surface area contributed by atoms with Crippen LogP contribution in [0.15, 0.2) is 81.7 Å². The first-order chi connectivity index (χ1) is 16.4. The molecule has 0 N–H and O–H groups in total. The van der Waals surface area contributed by atoms with Crippen LogP contribution in [0.3, 0.4) is 0 Å². The first-order valence-corrected chi connectivity index (χ1v) is 12.8. The van der Waals surface area contributed by atoms with Gasteiger partial charge in [0.15, 0.2) is 0 Å². The number of benzene rings is 3. The second kappa shape index (κ2) is 11.5. The highest BCUT2D eigenvalue weighted by molar-refractivity contribution is 9.10. The summed E-state index contributed by atoms with van der Waals surface area (Å²) in [6.45, 7) is 2.48. The van der Waals surface area contributed by atoms with Crippen molar-refractivity contribution in [1.29, 1.82) is 0 Å². The summed E-state index contributed by atoms with van der Waals surface area (Å²) in [4.78, 5) is 0. The summed E-state index contributed by atoms with van der Waals surface area (Å²) in [5.74, 6) is 1.55. The Balaban J connectivity index is 1.71. The topological polar surface area (TPSA) is 45.5 Å². The highest BCUT2D eigenvalue weighted by Gasteiger charge is 2.23. The van der Waals surface area contributed by atoms with Crippen LogP contribution in [0.25, 0.3) is 11.3 Å². The maximum atomic E-state index is 6.44. The summed E-state index contributed by atoms with van der Waals surface area (Å²) in [5.41, 5.74) is 1.71. The Bertz CT molecular complexity index is 1270. The molecule has 176 valence electrons. The van der Waals surface area contributed by atoms with Crippen LogP contribution in [0.4, 0.5) is 0 Å². The standard InChI is InChI=1S/C25H20Br2Cl2N2O3/c1-2-32-24-14-21(16-6-4-3-5-7-16)30-31(24)25(34-23-11-9-18(27)13-20(23)29)15-33-22-10-8-17(26)12-19(22)28/h3-14,25H,2,15H2,1H3. The van der Waals surface area contributed by atoms with Crippen molar-refractivity contribution in [3.8, 4) is 28.6 Å². The summed E-state index contributed by atoms with van der Waals surface area (Å²) >= 11 is 19.6. The van der Waals surface area contributed by atoms with Gasteiger partial charge in [0, 0.05) is 20.6 Å². The number of aromatic nitrogens is 2. The lowest BCUT2D eigenvalue weighted by atomic mass is 10.2. The zero-order valence-electron chi connectivity index (χ0n) is 18.1. The van der Waals surface area contributed by atoms with E-state index in [0.717, 1.165) is 20.2 Å². The summed E-state index contributed by atoms with van der Waals surface area (Å²) in [7, 11) is 0. The third kappa shape index (κ3) is 6.08. The van der Waals surface area contributed by atoms with Crippen LogP contribution in [0.1, 0.15) is 13.2 Å². The maximum Gasteiger partial charge on any atom is 0.228 e. The number of nitrogens with zero attached hydrogens (tertiary/aromatic N) is 2. The Hall–Kier alpha value is -2.19. The molecule has 0 saturated heterocycles. The first kappa shape index (κ1) is 24.9. The van der Waals surface area contributed by atoms with E-state index in [-0.39, 0.29) is 6.61 Å². The molecule has 1 unspecified atom stereocenters. The molecular weight excluding hydrogens is 607 g/mol. The van der Waals surface area contributed by atoms with E-state index in [1.165, 1.54) is 0 Å². The van der Waals surface area contributed by atoms with Crippen LogP contribution in [-0.4, -0.2) is 23.0 Å². The summed E-state index contributed by atoms with van der Waals surface area (Å²) in [6, 6.07) is 22.6. The number of halogens is 4. The van der Waals surface area contributed by atoms with E-state index in [1.807, 2.05) is 55.5 Å². The third-order valence-corrected chi connectivity index (χ3v) is 6.35. The highest BCUT2D eigenvalue weighted by Crippen LogP contribution is 2.34. The number of hydrogen-bond donors (Lipinski definition) is 0. The Kier molecular flexibility index (Phi) is 8.42. The van der Waals surface area contributed by atoms with Crippen molar-refractivity contribution in [2.24, 2.45) is 0 Å². The van der Waals surface area contributed by atoms with Crippen molar-refractivity contribution < 1.29 is 14.2 Å². The average molecular weight is 627 g/mol. The van der Waals surface area contributed by atoms with Gasteiger partial charge in [-0.25, -0.2) is 0 Å². The smallest absolute Gasteiger partial charge is 0.228 e. The lowest BCUT2D eigenvalue weighted by Gasteiger charge is -2.22. The van der Waals surface area contributed by atoms with E-state index in [9.17, 15) is 0 Å². The molecule has 34 heavy (non-hydrogen) atoms. The lowest BCUT2D eigenvalue weighted by molar-refractivity contribution is 0.0535. The summed E-state index contributed by atoms with van der Waals surface area (Å²) < 4.78 is 21.6. The van der Waals surface area contributed by atoms with Gasteiger partial charge >= 0.3 is 0 Å². The van der Waals surface area contributed by atoms with Gasteiger partial charge in [-0.3, -0.25) is 0 Å². The Morgan fingerprint density at radius 1 is 0.853 bits per heavy atom. The van der Waals surface area contributed by atoms with Gasteiger partial charge in [0.2, 0.25) is 12.1 Å². The maximum absolute atomic E-state index is 6.44. The van der Waals surface area contributed by atoms with Gasteiger partial charge in [0.05, 0.1) is 22.3 Å². The molecule has 1 atom stereocenters. The molecule has 4 rings (SSSR count). The molecule has 0 saturated carbocycles. The van der Waals surface area contributed by atoms with Crippen molar-refractivity contribution in [3.63, 3.8) is 0 Å². The Morgan fingerprint density at radius 2 is 1.50 bits per heavy atom. The van der Waals surface area contributed by atoms with Gasteiger partial charge in [-0.05, 0) is 43.3 Å². The predicted octanol–water partition coefficient (Wildman–Crippen LogP) is 8.44. The monoisotopic (exact) mass is 624 g/mol. The minimum atomic E-state index is -0.697. The molecule has 0 amide bonds. The van der Waals surface area contributed by atoms with Crippen molar-refractivity contribution >= 4 is 55.1 Å². The lowest BCUT2D eigenvalue weighted by Crippen LogP contribution is -2.25. The molecular formula is C25H20Br2Cl2N2O3. The fraction of sp³-hybridized carbons (Fsp3) is 0.160. The molecule has 1 aromatic heterocycles. The minimum Gasteiger partial charge on any atom is -0.486 e. The van der Waals surface area contributed by atoms with Gasteiger partial charge in [0.25, 0.3) is 0 Å². The molecule has 3 aromatic carbocycles. The van der Waals surface area contributed by atoms with Gasteiger partial charge in [0.1, 0.15) is 18.1 Å². The van der Waals surface area contributed by atoms with Crippen LogP contribution < -0.4 is 14.2 Å². The number of rotatable bonds is 9. The zero-order valence-corrected chi connectivity index (χ0v) is 22.7. The number of hydrogen-bond acceptors (Lipinski definition) is 4. The predicted molar refractivity (Wildman–Crippen MR) is 142 cm³/mol. The molecule has 0 spiro atoms. The van der Waals surface area contributed by atoms with Crippen LogP contribution >= 0.6 is 55.1 Å². The van der Waals surface area contributed by atoms with E-state index >= 15 is 0 Å². The highest BCUT2D eigenvalue weighted by atomic mass is 79.9. The Labute approximate surface area is 224 Å². The van der Waals surface area contributed by atoms with Gasteiger partial charge in [-0.2, -0.15) is 9.78 Å². The van der Waals surface area contributed by atoms with E-state index in [2.05, 4.69) is 31.9 Å². The van der Waals surface area contributed by atoms with E-state index in [4.69, 9.17) is 42.5 Å². The first-order valence-electron chi connectivity index (χ1n) is 10.4. The quantitative estimate of drug-likeness (QED) is 0.187. The molecule has 0 radical (unpaired) electrons. The van der Waals surface area contributed by atoms with Crippen LogP contribution in [0, 0.1) is 0 Å². The normalized spacial score (nSPS) is 11.8. The molecule has 0 aliphatic carbocycles. The Morgan fingerprint density at radius 3 is 2.12 bits per heavy atom. The van der Waals surface area contributed by atoms with Crippen molar-refractivity contribution in [3.05, 3.63) is 91.8 Å². The van der Waals surface area contributed by atoms with Crippen molar-refractivity contribution in [1.82, 2.24) is 9.78 Å². The van der Waals surface area contributed by atoms with Gasteiger partial charge in [-0.1, -0.05) is 85.4 Å². The van der Waals surface area contributed by atoms with E-state index in [1.54, 1.807) is 28.9 Å². The minimum absolute atomic E-state index is 0.101. The van der Waals surface area contributed by atoms with E-state index in [0.29, 0.717) is 34.0 Å². The van der Waals surface area contributed by atoms with Crippen LogP contribution in [-0.2, 0) is 0 Å². The molecule has 0 fully saturated rings. The van der Waals surface area contributed by atoms with Gasteiger partial charge < -0.3 is 14.2 Å². The molecule has 1 heterocycles. The fourth-order valence-electron chi connectivity index (χ4n) is 3.21. The fourth-order valence-corrected chi connectivity index (χ4v) is 4.66. The van der Waals surface area contributed by atoms with Gasteiger partial charge in [-0.15, -0.1) is 0 Å². The van der Waals surface area contributed by atoms with Crippen LogP contribution in [0.2, 0.25) is 10.0 Å². The molecule has 0 aliphatic rings. The zero-order chi connectivity index (χ0) is 24.1.